The minimum Gasteiger partial charge on any atom is -0.349 e. The summed E-state index contributed by atoms with van der Waals surface area (Å²) in [5, 5.41) is 6.17. The van der Waals surface area contributed by atoms with Crippen molar-refractivity contribution in [2.75, 3.05) is 13.1 Å². The minimum absolute atomic E-state index is 0. The van der Waals surface area contributed by atoms with Crippen LogP contribution in [0.25, 0.3) is 0 Å². The van der Waals surface area contributed by atoms with E-state index >= 15 is 0 Å². The van der Waals surface area contributed by atoms with E-state index in [0.717, 1.165) is 38.4 Å². The molecule has 1 unspecified atom stereocenters. The third kappa shape index (κ3) is 6.07. The molecule has 0 aromatic heterocycles. The summed E-state index contributed by atoms with van der Waals surface area (Å²) in [7, 11) is 0. The molecule has 1 aromatic carbocycles. The first kappa shape index (κ1) is 19.8. The second-order valence-electron chi connectivity index (χ2n) is 5.93. The van der Waals surface area contributed by atoms with E-state index in [-0.39, 0.29) is 18.3 Å². The molecule has 0 bridgehead atoms. The zero-order valence-electron chi connectivity index (χ0n) is 13.4. The largest absolute Gasteiger partial charge is 0.349 e. The number of carbonyl (C=O) groups excluding carboxylic acids is 1. The first-order chi connectivity index (χ1) is 10.6. The van der Waals surface area contributed by atoms with Gasteiger partial charge in [-0.25, -0.2) is 8.78 Å². The normalized spacial score (nSPS) is 16.5. The Balaban J connectivity index is 0.00000264. The Morgan fingerprint density at radius 1 is 1.35 bits per heavy atom. The van der Waals surface area contributed by atoms with Crippen LogP contribution in [0, 0.1) is 17.6 Å². The summed E-state index contributed by atoms with van der Waals surface area (Å²) in [6.45, 7) is 3.91. The number of hydrogen-bond donors (Lipinski definition) is 2. The number of piperidine rings is 1. The summed E-state index contributed by atoms with van der Waals surface area (Å²) in [6, 6.07) is 3.09. The fourth-order valence-electron chi connectivity index (χ4n) is 2.96. The van der Waals surface area contributed by atoms with Gasteiger partial charge in [0.15, 0.2) is 0 Å². The Bertz CT molecular complexity index is 507. The number of benzene rings is 1. The van der Waals surface area contributed by atoms with Crippen LogP contribution in [-0.4, -0.2) is 19.0 Å². The van der Waals surface area contributed by atoms with Crippen molar-refractivity contribution in [2.45, 2.75) is 45.1 Å². The lowest BCUT2D eigenvalue weighted by molar-refractivity contribution is -0.122. The lowest BCUT2D eigenvalue weighted by atomic mass is 9.93. The van der Waals surface area contributed by atoms with Gasteiger partial charge in [-0.3, -0.25) is 4.79 Å². The number of halogens is 3. The molecule has 1 aromatic rings. The van der Waals surface area contributed by atoms with Crippen LogP contribution in [0.5, 0.6) is 0 Å². The van der Waals surface area contributed by atoms with Crippen LogP contribution in [0.3, 0.4) is 0 Å². The van der Waals surface area contributed by atoms with Gasteiger partial charge in [0.2, 0.25) is 5.91 Å². The molecule has 0 saturated carbocycles. The lowest BCUT2D eigenvalue weighted by Gasteiger charge is -2.23. The lowest BCUT2D eigenvalue weighted by Crippen LogP contribution is -2.31. The predicted molar refractivity (Wildman–Crippen MR) is 89.6 cm³/mol. The molecule has 0 aliphatic carbocycles. The Labute approximate surface area is 142 Å². The summed E-state index contributed by atoms with van der Waals surface area (Å²) in [6.07, 6.45) is 4.12. The summed E-state index contributed by atoms with van der Waals surface area (Å²) >= 11 is 0. The van der Waals surface area contributed by atoms with Crippen molar-refractivity contribution in [3.63, 3.8) is 0 Å². The second-order valence-corrected chi connectivity index (χ2v) is 5.93. The molecule has 1 heterocycles. The van der Waals surface area contributed by atoms with Crippen molar-refractivity contribution in [1.29, 1.82) is 0 Å². The van der Waals surface area contributed by atoms with Gasteiger partial charge in [-0.1, -0.05) is 13.0 Å². The van der Waals surface area contributed by atoms with Gasteiger partial charge in [0.1, 0.15) is 11.6 Å². The molecule has 2 N–H and O–H groups in total. The molecule has 1 atom stereocenters. The van der Waals surface area contributed by atoms with E-state index < -0.39 is 17.7 Å². The van der Waals surface area contributed by atoms with Crippen LogP contribution in [0.2, 0.25) is 0 Å². The fourth-order valence-corrected chi connectivity index (χ4v) is 2.96. The molecule has 1 amide bonds. The SMILES string of the molecule is CCC(NC(=O)CCC1CCNCC1)c1ccc(F)cc1F.Cl. The quantitative estimate of drug-likeness (QED) is 0.824. The third-order valence-corrected chi connectivity index (χ3v) is 4.32. The van der Waals surface area contributed by atoms with Gasteiger partial charge < -0.3 is 10.6 Å². The molecule has 1 aliphatic heterocycles. The van der Waals surface area contributed by atoms with Gasteiger partial charge in [-0.2, -0.15) is 0 Å². The van der Waals surface area contributed by atoms with Crippen LogP contribution in [0.4, 0.5) is 8.78 Å². The number of carbonyl (C=O) groups is 1. The maximum Gasteiger partial charge on any atom is 0.220 e. The molecular weight excluding hydrogens is 322 g/mol. The van der Waals surface area contributed by atoms with Crippen molar-refractivity contribution in [1.82, 2.24) is 10.6 Å². The standard InChI is InChI=1S/C17H24F2N2O.ClH/c1-2-16(14-5-4-13(18)11-15(14)19)21-17(22)6-3-12-7-9-20-10-8-12;/h4-5,11-12,16,20H,2-3,6-10H2,1H3,(H,21,22);1H. The molecule has 0 radical (unpaired) electrons. The maximum absolute atomic E-state index is 13.8. The van der Waals surface area contributed by atoms with E-state index in [0.29, 0.717) is 24.3 Å². The highest BCUT2D eigenvalue weighted by atomic mass is 35.5. The molecule has 130 valence electrons. The van der Waals surface area contributed by atoms with Gasteiger partial charge in [0.25, 0.3) is 0 Å². The third-order valence-electron chi connectivity index (χ3n) is 4.32. The molecule has 3 nitrogen and oxygen atoms in total. The number of rotatable bonds is 6. The van der Waals surface area contributed by atoms with Crippen molar-refractivity contribution in [2.24, 2.45) is 5.92 Å². The fraction of sp³-hybridized carbons (Fsp3) is 0.588. The average Bonchev–Trinajstić information content (AvgIpc) is 2.52. The predicted octanol–water partition coefficient (Wildman–Crippen LogP) is 3.73. The van der Waals surface area contributed by atoms with Gasteiger partial charge >= 0.3 is 0 Å². The van der Waals surface area contributed by atoms with Gasteiger partial charge in [0.05, 0.1) is 6.04 Å². The van der Waals surface area contributed by atoms with Crippen molar-refractivity contribution >= 4 is 18.3 Å². The summed E-state index contributed by atoms with van der Waals surface area (Å²) in [4.78, 5) is 12.1. The summed E-state index contributed by atoms with van der Waals surface area (Å²) in [5.41, 5.74) is 0.346. The maximum atomic E-state index is 13.8. The van der Waals surface area contributed by atoms with Crippen LogP contribution in [0.15, 0.2) is 18.2 Å². The Morgan fingerprint density at radius 2 is 2.04 bits per heavy atom. The molecule has 1 fully saturated rings. The van der Waals surface area contributed by atoms with Crippen LogP contribution in [0.1, 0.15) is 50.6 Å². The second kappa shape index (κ2) is 9.83. The first-order valence-corrected chi connectivity index (χ1v) is 8.05. The highest BCUT2D eigenvalue weighted by Crippen LogP contribution is 2.22. The summed E-state index contributed by atoms with van der Waals surface area (Å²) < 4.78 is 26.8. The number of amides is 1. The van der Waals surface area contributed by atoms with Crippen LogP contribution >= 0.6 is 12.4 Å². The Kier molecular flexibility index (Phi) is 8.48. The summed E-state index contributed by atoms with van der Waals surface area (Å²) in [5.74, 6) is -0.678. The Hall–Kier alpha value is -1.20. The molecule has 1 aliphatic rings. The number of nitrogens with one attached hydrogen (secondary N) is 2. The van der Waals surface area contributed by atoms with E-state index in [4.69, 9.17) is 0 Å². The molecule has 2 rings (SSSR count). The van der Waals surface area contributed by atoms with E-state index in [1.807, 2.05) is 6.92 Å². The zero-order chi connectivity index (χ0) is 15.9. The van der Waals surface area contributed by atoms with Gasteiger partial charge in [-0.15, -0.1) is 12.4 Å². The van der Waals surface area contributed by atoms with E-state index in [9.17, 15) is 13.6 Å². The van der Waals surface area contributed by atoms with Gasteiger partial charge in [0, 0.05) is 18.1 Å². The topological polar surface area (TPSA) is 41.1 Å². The van der Waals surface area contributed by atoms with Crippen molar-refractivity contribution < 1.29 is 13.6 Å². The minimum atomic E-state index is -0.606. The van der Waals surface area contributed by atoms with Crippen LogP contribution in [-0.2, 0) is 4.79 Å². The van der Waals surface area contributed by atoms with Crippen LogP contribution < -0.4 is 10.6 Å². The smallest absolute Gasteiger partial charge is 0.220 e. The highest BCUT2D eigenvalue weighted by molar-refractivity contribution is 5.85. The molecule has 23 heavy (non-hydrogen) atoms. The van der Waals surface area contributed by atoms with Crippen molar-refractivity contribution in [3.05, 3.63) is 35.4 Å². The zero-order valence-corrected chi connectivity index (χ0v) is 14.2. The van der Waals surface area contributed by atoms with E-state index in [1.165, 1.54) is 12.1 Å². The average molecular weight is 347 g/mol. The van der Waals surface area contributed by atoms with E-state index in [2.05, 4.69) is 10.6 Å². The molecule has 6 heteroatoms. The first-order valence-electron chi connectivity index (χ1n) is 8.05. The molecule has 0 spiro atoms. The van der Waals surface area contributed by atoms with Gasteiger partial charge in [-0.05, 0) is 50.8 Å². The monoisotopic (exact) mass is 346 g/mol. The van der Waals surface area contributed by atoms with E-state index in [1.54, 1.807) is 0 Å². The Morgan fingerprint density at radius 3 is 2.65 bits per heavy atom. The molecular formula is C17H25ClF2N2O. The molecule has 1 saturated heterocycles. The highest BCUT2D eigenvalue weighted by Gasteiger charge is 2.19. The number of hydrogen-bond acceptors (Lipinski definition) is 2. The van der Waals surface area contributed by atoms with Crippen molar-refractivity contribution in [3.8, 4) is 0 Å².